The number of aromatic nitrogens is 1. The minimum atomic E-state index is -0.658. The van der Waals surface area contributed by atoms with Crippen LogP contribution in [0.25, 0.3) is 0 Å². The number of fused-ring (bicyclic) bond motifs is 2. The maximum Gasteiger partial charge on any atom is 0.260 e. The normalized spacial score (nSPS) is 12.8. The van der Waals surface area contributed by atoms with E-state index in [1.165, 1.54) is 28.8 Å². The summed E-state index contributed by atoms with van der Waals surface area (Å²) < 4.78 is 13.9. The second-order valence-electron chi connectivity index (χ2n) is 6.08. The van der Waals surface area contributed by atoms with Crippen molar-refractivity contribution in [1.82, 2.24) is 4.98 Å². The summed E-state index contributed by atoms with van der Waals surface area (Å²) in [5.41, 5.74) is 1.53. The Morgan fingerprint density at radius 3 is 2.86 bits per heavy atom. The second-order valence-corrected chi connectivity index (χ2v) is 7.55. The van der Waals surface area contributed by atoms with Gasteiger partial charge in [-0.25, -0.2) is 9.37 Å². The molecule has 0 saturated carbocycles. The summed E-state index contributed by atoms with van der Waals surface area (Å²) >= 11 is 7.19. The lowest BCUT2D eigenvalue weighted by Crippen LogP contribution is -2.26. The predicted octanol–water partition coefficient (Wildman–Crippen LogP) is 4.87. The number of rotatable bonds is 2. The highest BCUT2D eigenvalue weighted by Crippen LogP contribution is 2.41. The first-order valence-electron chi connectivity index (χ1n) is 8.25. The number of amides is 2. The number of benzene rings is 2. The Labute approximate surface area is 169 Å². The molecule has 2 heterocycles. The maximum absolute atomic E-state index is 13.9. The van der Waals surface area contributed by atoms with E-state index in [1.807, 2.05) is 0 Å². The molecule has 0 atom stereocenters. The average Bonchev–Trinajstić information content (AvgIpc) is 2.79. The smallest absolute Gasteiger partial charge is 0.260 e. The van der Waals surface area contributed by atoms with E-state index in [-0.39, 0.29) is 16.5 Å². The van der Waals surface area contributed by atoms with Crippen LogP contribution in [0.1, 0.15) is 20.7 Å². The van der Waals surface area contributed by atoms with Crippen LogP contribution in [0.4, 0.5) is 15.8 Å². The molecule has 0 spiro atoms. The van der Waals surface area contributed by atoms with E-state index in [2.05, 4.69) is 10.3 Å². The van der Waals surface area contributed by atoms with Gasteiger partial charge in [0.15, 0.2) is 0 Å². The minimum Gasteiger partial charge on any atom is -0.322 e. The number of hydrogen-bond acceptors (Lipinski definition) is 4. The average molecular weight is 414 g/mol. The molecule has 1 aliphatic heterocycles. The number of carbonyl (C=O) groups is 2. The summed E-state index contributed by atoms with van der Waals surface area (Å²) in [6.45, 7) is 0. The fourth-order valence-corrected chi connectivity index (χ4v) is 4.10. The molecule has 0 saturated heterocycles. The summed E-state index contributed by atoms with van der Waals surface area (Å²) in [7, 11) is 1.68. The quantitative estimate of drug-likeness (QED) is 0.651. The van der Waals surface area contributed by atoms with Crippen molar-refractivity contribution in [2.24, 2.45) is 0 Å². The van der Waals surface area contributed by atoms with Crippen molar-refractivity contribution in [1.29, 1.82) is 0 Å². The van der Waals surface area contributed by atoms with Gasteiger partial charge in [0.05, 0.1) is 16.8 Å². The van der Waals surface area contributed by atoms with Gasteiger partial charge in [-0.1, -0.05) is 23.4 Å². The molecule has 2 amide bonds. The standard InChI is InChI=1S/C20H13ClFN3O2S/c1-25-16-7-5-12(24-18(26)14-9-11(21)4-6-15(14)22)10-17(16)28-19-13(20(25)27)3-2-8-23-19/h2-10H,1H3,(H,24,26). The topological polar surface area (TPSA) is 62.3 Å². The molecule has 2 aromatic carbocycles. The summed E-state index contributed by atoms with van der Waals surface area (Å²) in [5, 5.41) is 3.53. The van der Waals surface area contributed by atoms with E-state index in [0.29, 0.717) is 22.0 Å². The van der Waals surface area contributed by atoms with Crippen molar-refractivity contribution in [2.45, 2.75) is 9.92 Å². The molecular formula is C20H13ClFN3O2S. The molecule has 5 nitrogen and oxygen atoms in total. The van der Waals surface area contributed by atoms with Crippen LogP contribution in [0.5, 0.6) is 0 Å². The number of halogens is 2. The van der Waals surface area contributed by atoms with Crippen LogP contribution in [0.15, 0.2) is 64.6 Å². The highest BCUT2D eigenvalue weighted by Gasteiger charge is 2.26. The summed E-state index contributed by atoms with van der Waals surface area (Å²) in [5.74, 6) is -1.43. The van der Waals surface area contributed by atoms with Crippen LogP contribution in [-0.2, 0) is 0 Å². The fourth-order valence-electron chi connectivity index (χ4n) is 2.85. The third-order valence-electron chi connectivity index (χ3n) is 4.26. The molecule has 1 N–H and O–H groups in total. The molecule has 28 heavy (non-hydrogen) atoms. The van der Waals surface area contributed by atoms with Gasteiger partial charge in [-0.05, 0) is 48.5 Å². The molecule has 4 rings (SSSR count). The molecule has 140 valence electrons. The first kappa shape index (κ1) is 18.5. The zero-order chi connectivity index (χ0) is 19.8. The lowest BCUT2D eigenvalue weighted by Gasteiger charge is -2.18. The summed E-state index contributed by atoms with van der Waals surface area (Å²) in [6.07, 6.45) is 1.62. The van der Waals surface area contributed by atoms with E-state index >= 15 is 0 Å². The molecule has 0 radical (unpaired) electrons. The Balaban J connectivity index is 1.68. The van der Waals surface area contributed by atoms with Crippen LogP contribution >= 0.6 is 23.4 Å². The second kappa shape index (κ2) is 7.26. The van der Waals surface area contributed by atoms with Gasteiger partial charge in [0.25, 0.3) is 11.8 Å². The molecule has 0 fully saturated rings. The maximum atomic E-state index is 13.9. The van der Waals surface area contributed by atoms with E-state index in [9.17, 15) is 14.0 Å². The monoisotopic (exact) mass is 413 g/mol. The number of nitrogens with one attached hydrogen (secondary N) is 1. The molecule has 0 aliphatic carbocycles. The molecule has 0 bridgehead atoms. The first-order valence-corrected chi connectivity index (χ1v) is 9.45. The van der Waals surface area contributed by atoms with E-state index in [4.69, 9.17) is 11.6 Å². The van der Waals surface area contributed by atoms with Crippen molar-refractivity contribution in [3.8, 4) is 0 Å². The Hall–Kier alpha value is -2.90. The third-order valence-corrected chi connectivity index (χ3v) is 5.57. The van der Waals surface area contributed by atoms with Gasteiger partial charge >= 0.3 is 0 Å². The van der Waals surface area contributed by atoms with Gasteiger partial charge < -0.3 is 10.2 Å². The van der Waals surface area contributed by atoms with E-state index in [0.717, 1.165) is 11.0 Å². The largest absolute Gasteiger partial charge is 0.322 e. The summed E-state index contributed by atoms with van der Waals surface area (Å²) in [4.78, 5) is 31.7. The van der Waals surface area contributed by atoms with Crippen molar-refractivity contribution in [3.63, 3.8) is 0 Å². The van der Waals surface area contributed by atoms with Crippen molar-refractivity contribution in [2.75, 3.05) is 17.3 Å². The predicted molar refractivity (Wildman–Crippen MR) is 107 cm³/mol. The van der Waals surface area contributed by atoms with Crippen LogP contribution in [-0.4, -0.2) is 23.8 Å². The SMILES string of the molecule is CN1C(=O)c2cccnc2Sc2cc(NC(=O)c3cc(Cl)ccc3F)ccc21. The summed E-state index contributed by atoms with van der Waals surface area (Å²) in [6, 6.07) is 12.4. The Bertz CT molecular complexity index is 1120. The van der Waals surface area contributed by atoms with Crippen molar-refractivity contribution < 1.29 is 14.0 Å². The number of carbonyl (C=O) groups excluding carboxylic acids is 2. The van der Waals surface area contributed by atoms with Crippen molar-refractivity contribution in [3.05, 3.63) is 76.7 Å². The van der Waals surface area contributed by atoms with Gasteiger partial charge in [0.2, 0.25) is 0 Å². The number of nitrogens with zero attached hydrogens (tertiary/aromatic N) is 2. The molecule has 1 aliphatic rings. The molecular weight excluding hydrogens is 401 g/mol. The van der Waals surface area contributed by atoms with Crippen LogP contribution < -0.4 is 10.2 Å². The molecule has 1 aromatic heterocycles. The number of hydrogen-bond donors (Lipinski definition) is 1. The molecule has 3 aromatic rings. The van der Waals surface area contributed by atoms with E-state index in [1.54, 1.807) is 43.6 Å². The van der Waals surface area contributed by atoms with Gasteiger partial charge in [-0.3, -0.25) is 9.59 Å². The molecule has 8 heteroatoms. The van der Waals surface area contributed by atoms with Gasteiger partial charge in [0, 0.05) is 28.9 Å². The lowest BCUT2D eigenvalue weighted by atomic mass is 10.2. The highest BCUT2D eigenvalue weighted by atomic mass is 35.5. The Morgan fingerprint density at radius 2 is 2.04 bits per heavy atom. The van der Waals surface area contributed by atoms with Gasteiger partial charge in [-0.2, -0.15) is 0 Å². The Morgan fingerprint density at radius 1 is 1.21 bits per heavy atom. The Kier molecular flexibility index (Phi) is 4.78. The van der Waals surface area contributed by atoms with Crippen LogP contribution in [0, 0.1) is 5.82 Å². The van der Waals surface area contributed by atoms with Gasteiger partial charge in [0.1, 0.15) is 10.8 Å². The zero-order valence-corrected chi connectivity index (χ0v) is 16.1. The zero-order valence-electron chi connectivity index (χ0n) is 14.6. The first-order chi connectivity index (χ1) is 13.4. The third kappa shape index (κ3) is 3.34. The number of anilines is 2. The van der Waals surface area contributed by atoms with Crippen molar-refractivity contribution >= 4 is 46.6 Å². The van der Waals surface area contributed by atoms with Crippen LogP contribution in [0.3, 0.4) is 0 Å². The fraction of sp³-hybridized carbons (Fsp3) is 0.0500. The minimum absolute atomic E-state index is 0.144. The lowest BCUT2D eigenvalue weighted by molar-refractivity contribution is 0.0987. The number of pyridine rings is 1. The highest BCUT2D eigenvalue weighted by molar-refractivity contribution is 7.99. The van der Waals surface area contributed by atoms with Gasteiger partial charge in [-0.15, -0.1) is 0 Å². The molecule has 0 unspecified atom stereocenters. The van der Waals surface area contributed by atoms with Crippen LogP contribution in [0.2, 0.25) is 5.02 Å². The van der Waals surface area contributed by atoms with E-state index < -0.39 is 11.7 Å².